The van der Waals surface area contributed by atoms with Crippen molar-refractivity contribution in [3.63, 3.8) is 0 Å². The van der Waals surface area contributed by atoms with Gasteiger partial charge in [0, 0.05) is 43.7 Å². The second-order valence-corrected chi connectivity index (χ2v) is 8.11. The van der Waals surface area contributed by atoms with Crippen LogP contribution in [0.4, 0.5) is 9.52 Å². The van der Waals surface area contributed by atoms with E-state index in [1.165, 1.54) is 12.1 Å². The van der Waals surface area contributed by atoms with Crippen LogP contribution in [0.15, 0.2) is 29.6 Å². The maximum absolute atomic E-state index is 13.1. The summed E-state index contributed by atoms with van der Waals surface area (Å²) in [6.07, 6.45) is 1.08. The molecule has 1 N–H and O–H groups in total. The minimum atomic E-state index is -0.225. The molecular weight excluding hydrogens is 381 g/mol. The van der Waals surface area contributed by atoms with Gasteiger partial charge in [-0.1, -0.05) is 0 Å². The van der Waals surface area contributed by atoms with Gasteiger partial charge in [-0.3, -0.25) is 0 Å². The van der Waals surface area contributed by atoms with Gasteiger partial charge in [0.15, 0.2) is 10.2 Å². The van der Waals surface area contributed by atoms with E-state index in [-0.39, 0.29) is 5.82 Å². The van der Waals surface area contributed by atoms with Crippen molar-refractivity contribution >= 4 is 33.8 Å². The molecule has 0 radical (unpaired) electrons. The summed E-state index contributed by atoms with van der Waals surface area (Å²) in [5.41, 5.74) is 1.84. The lowest BCUT2D eigenvalue weighted by atomic mass is 10.2. The number of rotatable bonds is 6. The molecule has 2 heterocycles. The molecular formula is C19H26FN5S2. The van der Waals surface area contributed by atoms with E-state index in [1.807, 2.05) is 5.38 Å². The van der Waals surface area contributed by atoms with Crippen LogP contribution in [0.2, 0.25) is 0 Å². The number of thiocarbonyl (C=S) groups is 1. The van der Waals surface area contributed by atoms with E-state index in [0.29, 0.717) is 0 Å². The van der Waals surface area contributed by atoms with Gasteiger partial charge in [-0.25, -0.2) is 9.37 Å². The zero-order chi connectivity index (χ0) is 19.2. The number of hydrogen-bond acceptors (Lipinski definition) is 5. The van der Waals surface area contributed by atoms with Crippen LogP contribution in [0.5, 0.6) is 0 Å². The molecule has 0 spiro atoms. The molecule has 146 valence electrons. The Kier molecular flexibility index (Phi) is 6.98. The Morgan fingerprint density at radius 1 is 1.22 bits per heavy atom. The third-order valence-corrected chi connectivity index (χ3v) is 5.83. The Balaban J connectivity index is 1.48. The van der Waals surface area contributed by atoms with Gasteiger partial charge in [-0.05, 0) is 63.5 Å². The van der Waals surface area contributed by atoms with Crippen LogP contribution in [0.1, 0.15) is 6.42 Å². The Bertz CT molecular complexity index is 739. The Labute approximate surface area is 169 Å². The number of aromatic nitrogens is 1. The van der Waals surface area contributed by atoms with Gasteiger partial charge >= 0.3 is 0 Å². The van der Waals surface area contributed by atoms with Crippen molar-refractivity contribution in [1.82, 2.24) is 20.1 Å². The van der Waals surface area contributed by atoms with E-state index < -0.39 is 0 Å². The maximum Gasteiger partial charge on any atom is 0.185 e. The highest BCUT2D eigenvalue weighted by molar-refractivity contribution is 7.80. The number of piperazine rings is 1. The summed E-state index contributed by atoms with van der Waals surface area (Å²) in [5.74, 6) is -0.225. The number of benzene rings is 1. The van der Waals surface area contributed by atoms with Gasteiger partial charge in [0.05, 0.1) is 5.69 Å². The largest absolute Gasteiger partial charge is 0.363 e. The molecule has 5 nitrogen and oxygen atoms in total. The minimum absolute atomic E-state index is 0.225. The first-order valence-electron chi connectivity index (χ1n) is 9.17. The van der Waals surface area contributed by atoms with Gasteiger partial charge in [0.2, 0.25) is 0 Å². The summed E-state index contributed by atoms with van der Waals surface area (Å²) in [6.45, 7) is 5.55. The first-order valence-corrected chi connectivity index (χ1v) is 10.5. The zero-order valence-electron chi connectivity index (χ0n) is 15.8. The van der Waals surface area contributed by atoms with E-state index in [1.54, 1.807) is 23.5 Å². The predicted molar refractivity (Wildman–Crippen MR) is 115 cm³/mol. The van der Waals surface area contributed by atoms with E-state index in [9.17, 15) is 4.39 Å². The lowest BCUT2D eigenvalue weighted by molar-refractivity contribution is 0.373. The molecule has 0 saturated carbocycles. The Morgan fingerprint density at radius 2 is 1.93 bits per heavy atom. The first kappa shape index (κ1) is 20.0. The fraction of sp³-hybridized carbons (Fsp3) is 0.474. The first-order chi connectivity index (χ1) is 13.0. The molecule has 1 aromatic carbocycles. The van der Waals surface area contributed by atoms with E-state index >= 15 is 0 Å². The molecule has 1 aliphatic heterocycles. The molecule has 27 heavy (non-hydrogen) atoms. The van der Waals surface area contributed by atoms with Gasteiger partial charge in [-0.15, -0.1) is 11.3 Å². The molecule has 8 heteroatoms. The molecule has 2 aromatic rings. The summed E-state index contributed by atoms with van der Waals surface area (Å²) in [7, 11) is 4.16. The summed E-state index contributed by atoms with van der Waals surface area (Å²) >= 11 is 7.16. The number of hydrogen-bond donors (Lipinski definition) is 1. The van der Waals surface area contributed by atoms with Crippen molar-refractivity contribution in [2.75, 3.05) is 58.3 Å². The van der Waals surface area contributed by atoms with E-state index in [4.69, 9.17) is 17.2 Å². The van der Waals surface area contributed by atoms with Crippen molar-refractivity contribution in [3.8, 4) is 11.3 Å². The highest BCUT2D eigenvalue weighted by Gasteiger charge is 2.21. The molecule has 1 fully saturated rings. The topological polar surface area (TPSA) is 34.6 Å². The summed E-state index contributed by atoms with van der Waals surface area (Å²) in [4.78, 5) is 11.4. The van der Waals surface area contributed by atoms with E-state index in [2.05, 4.69) is 34.1 Å². The van der Waals surface area contributed by atoms with Crippen LogP contribution in [0.3, 0.4) is 0 Å². The number of halogens is 1. The van der Waals surface area contributed by atoms with Crippen molar-refractivity contribution in [2.24, 2.45) is 0 Å². The van der Waals surface area contributed by atoms with Crippen molar-refractivity contribution in [1.29, 1.82) is 0 Å². The van der Waals surface area contributed by atoms with E-state index in [0.717, 1.165) is 67.2 Å². The second-order valence-electron chi connectivity index (χ2n) is 6.89. The SMILES string of the molecule is CN(C)CCCNC(=S)N1CCN(c2nc(-c3ccc(F)cc3)cs2)CC1. The highest BCUT2D eigenvalue weighted by Crippen LogP contribution is 2.28. The fourth-order valence-electron chi connectivity index (χ4n) is 2.97. The molecule has 0 atom stereocenters. The van der Waals surface area contributed by atoms with Crippen molar-refractivity contribution < 1.29 is 4.39 Å². The van der Waals surface area contributed by atoms with Crippen LogP contribution in [-0.4, -0.2) is 73.3 Å². The fourth-order valence-corrected chi connectivity index (χ4v) is 4.14. The lowest BCUT2D eigenvalue weighted by Gasteiger charge is -2.36. The van der Waals surface area contributed by atoms with Gasteiger partial charge in [0.25, 0.3) is 0 Å². The van der Waals surface area contributed by atoms with Gasteiger partial charge in [0.1, 0.15) is 5.82 Å². The minimum Gasteiger partial charge on any atom is -0.363 e. The quantitative estimate of drug-likeness (QED) is 0.586. The number of nitrogens with zero attached hydrogens (tertiary/aromatic N) is 4. The summed E-state index contributed by atoms with van der Waals surface area (Å²) in [6, 6.07) is 6.48. The summed E-state index contributed by atoms with van der Waals surface area (Å²) in [5, 5.41) is 7.25. The third-order valence-electron chi connectivity index (χ3n) is 4.53. The molecule has 1 aromatic heterocycles. The molecule has 1 saturated heterocycles. The molecule has 1 aliphatic rings. The normalized spacial score (nSPS) is 14.7. The van der Waals surface area contributed by atoms with Crippen LogP contribution < -0.4 is 10.2 Å². The van der Waals surface area contributed by atoms with Crippen molar-refractivity contribution in [2.45, 2.75) is 6.42 Å². The molecule has 0 aliphatic carbocycles. The standard InChI is InChI=1S/C19H26FN5S2/c1-23(2)9-3-8-21-18(26)24-10-12-25(13-11-24)19-22-17(14-27-19)15-4-6-16(20)7-5-15/h4-7,14H,3,8-13H2,1-2H3,(H,21,26). The zero-order valence-corrected chi connectivity index (χ0v) is 17.5. The van der Waals surface area contributed by atoms with Crippen LogP contribution in [0.25, 0.3) is 11.3 Å². The van der Waals surface area contributed by atoms with Gasteiger partial charge in [-0.2, -0.15) is 0 Å². The number of nitrogens with one attached hydrogen (secondary N) is 1. The number of thiazole rings is 1. The van der Waals surface area contributed by atoms with Crippen LogP contribution in [-0.2, 0) is 0 Å². The highest BCUT2D eigenvalue weighted by atomic mass is 32.1. The summed E-state index contributed by atoms with van der Waals surface area (Å²) < 4.78 is 13.1. The van der Waals surface area contributed by atoms with Crippen molar-refractivity contribution in [3.05, 3.63) is 35.5 Å². The Morgan fingerprint density at radius 3 is 2.59 bits per heavy atom. The third kappa shape index (κ3) is 5.60. The van der Waals surface area contributed by atoms with Gasteiger partial charge < -0.3 is 20.0 Å². The molecule has 3 rings (SSSR count). The monoisotopic (exact) mass is 407 g/mol. The second kappa shape index (κ2) is 9.43. The Hall–Kier alpha value is -1.77. The lowest BCUT2D eigenvalue weighted by Crippen LogP contribution is -2.52. The molecule has 0 unspecified atom stereocenters. The average molecular weight is 408 g/mol. The predicted octanol–water partition coefficient (Wildman–Crippen LogP) is 2.90. The molecule has 0 bridgehead atoms. The van der Waals surface area contributed by atoms with Crippen LogP contribution in [0, 0.1) is 5.82 Å². The van der Waals surface area contributed by atoms with Crippen LogP contribution >= 0.6 is 23.6 Å². The average Bonchev–Trinajstić information content (AvgIpc) is 3.16. The smallest absolute Gasteiger partial charge is 0.185 e. The maximum atomic E-state index is 13.1. The number of anilines is 1. The molecule has 0 amide bonds.